The molecule has 2 aromatic heterocycles. The molecule has 1 unspecified atom stereocenters. The molecule has 1 atom stereocenters. The fraction of sp³-hybridized carbons (Fsp3) is 0.286. The highest BCUT2D eigenvalue weighted by Crippen LogP contribution is 2.31. The molecule has 0 radical (unpaired) electrons. The lowest BCUT2D eigenvalue weighted by molar-refractivity contribution is -0.132. The Kier molecular flexibility index (Phi) is 5.69. The van der Waals surface area contributed by atoms with Crippen LogP contribution in [0.25, 0.3) is 0 Å². The number of amides is 1. The standard InChI is InChI=1S/C21H21FN6O/c22-16-7-4-15(5-8-16)6-9-19(29)28-14-1-3-18(28)17-10-13-25-21(26-17)27-20-23-11-2-12-24-20/h2,4-5,7-8,10-13,18H,1,3,6,9,14H2,(H,23,24,25,26,27). The van der Waals surface area contributed by atoms with Crippen molar-refractivity contribution in [2.75, 3.05) is 11.9 Å². The van der Waals surface area contributed by atoms with Gasteiger partial charge in [-0.25, -0.2) is 24.3 Å². The van der Waals surface area contributed by atoms with Crippen LogP contribution in [0, 0.1) is 5.82 Å². The molecular formula is C21H21FN6O. The number of aromatic nitrogens is 4. The first-order chi connectivity index (χ1) is 14.2. The van der Waals surface area contributed by atoms with Crippen LogP contribution in [0.2, 0.25) is 0 Å². The minimum absolute atomic E-state index is 0.0732. The second-order valence-corrected chi connectivity index (χ2v) is 6.87. The molecule has 1 aliphatic heterocycles. The van der Waals surface area contributed by atoms with Gasteiger partial charge in [-0.15, -0.1) is 0 Å². The molecule has 0 bridgehead atoms. The molecule has 1 aliphatic rings. The van der Waals surface area contributed by atoms with Crippen LogP contribution >= 0.6 is 0 Å². The number of hydrogen-bond acceptors (Lipinski definition) is 6. The Labute approximate surface area is 168 Å². The average Bonchev–Trinajstić information content (AvgIpc) is 3.24. The summed E-state index contributed by atoms with van der Waals surface area (Å²) >= 11 is 0. The number of benzene rings is 1. The van der Waals surface area contributed by atoms with Gasteiger partial charge in [0.15, 0.2) is 0 Å². The third-order valence-corrected chi connectivity index (χ3v) is 4.92. The molecule has 29 heavy (non-hydrogen) atoms. The van der Waals surface area contributed by atoms with E-state index in [0.29, 0.717) is 31.3 Å². The summed E-state index contributed by atoms with van der Waals surface area (Å²) in [5.41, 5.74) is 1.75. The number of rotatable bonds is 6. The number of aryl methyl sites for hydroxylation is 1. The molecule has 7 nitrogen and oxygen atoms in total. The molecule has 1 saturated heterocycles. The summed E-state index contributed by atoms with van der Waals surface area (Å²) in [6.07, 6.45) is 7.71. The SMILES string of the molecule is O=C(CCc1ccc(F)cc1)N1CCCC1c1ccnc(Nc2ncccn2)n1. The van der Waals surface area contributed by atoms with Crippen molar-refractivity contribution in [1.29, 1.82) is 0 Å². The van der Waals surface area contributed by atoms with Crippen LogP contribution in [0.5, 0.6) is 0 Å². The lowest BCUT2D eigenvalue weighted by Gasteiger charge is -2.24. The number of nitrogens with zero attached hydrogens (tertiary/aromatic N) is 5. The van der Waals surface area contributed by atoms with Crippen molar-refractivity contribution < 1.29 is 9.18 Å². The summed E-state index contributed by atoms with van der Waals surface area (Å²) in [7, 11) is 0. The monoisotopic (exact) mass is 392 g/mol. The first-order valence-electron chi connectivity index (χ1n) is 9.60. The minimum Gasteiger partial charge on any atom is -0.334 e. The zero-order chi connectivity index (χ0) is 20.1. The van der Waals surface area contributed by atoms with Crippen LogP contribution in [0.4, 0.5) is 16.3 Å². The second-order valence-electron chi connectivity index (χ2n) is 6.87. The molecule has 8 heteroatoms. The lowest BCUT2D eigenvalue weighted by Crippen LogP contribution is -2.31. The molecule has 0 aliphatic carbocycles. The largest absolute Gasteiger partial charge is 0.334 e. The summed E-state index contributed by atoms with van der Waals surface area (Å²) in [5.74, 6) is 0.632. The summed E-state index contributed by atoms with van der Waals surface area (Å²) in [5, 5.41) is 2.98. The van der Waals surface area contributed by atoms with Crippen molar-refractivity contribution >= 4 is 17.8 Å². The van der Waals surface area contributed by atoms with Crippen molar-refractivity contribution in [3.05, 3.63) is 72.1 Å². The Morgan fingerprint density at radius 3 is 2.62 bits per heavy atom. The number of anilines is 2. The van der Waals surface area contributed by atoms with Gasteiger partial charge in [0.25, 0.3) is 0 Å². The van der Waals surface area contributed by atoms with Crippen molar-refractivity contribution in [2.24, 2.45) is 0 Å². The van der Waals surface area contributed by atoms with Crippen LogP contribution in [0.3, 0.4) is 0 Å². The molecule has 1 aromatic carbocycles. The van der Waals surface area contributed by atoms with Gasteiger partial charge in [-0.05, 0) is 49.1 Å². The molecular weight excluding hydrogens is 371 g/mol. The molecule has 3 aromatic rings. The van der Waals surface area contributed by atoms with Crippen molar-refractivity contribution in [3.63, 3.8) is 0 Å². The van der Waals surface area contributed by atoms with E-state index < -0.39 is 0 Å². The van der Waals surface area contributed by atoms with Gasteiger partial charge in [-0.3, -0.25) is 10.1 Å². The highest BCUT2D eigenvalue weighted by molar-refractivity contribution is 5.77. The van der Waals surface area contributed by atoms with E-state index in [0.717, 1.165) is 24.1 Å². The van der Waals surface area contributed by atoms with Gasteiger partial charge >= 0.3 is 0 Å². The zero-order valence-electron chi connectivity index (χ0n) is 15.8. The summed E-state index contributed by atoms with van der Waals surface area (Å²) in [6, 6.07) is 9.78. The van der Waals surface area contributed by atoms with Gasteiger partial charge in [0, 0.05) is 31.6 Å². The van der Waals surface area contributed by atoms with Gasteiger partial charge in [-0.2, -0.15) is 0 Å². The number of halogens is 1. The van der Waals surface area contributed by atoms with E-state index in [2.05, 4.69) is 25.3 Å². The van der Waals surface area contributed by atoms with Crippen LogP contribution in [0.1, 0.15) is 36.6 Å². The van der Waals surface area contributed by atoms with Crippen LogP contribution in [0.15, 0.2) is 55.0 Å². The predicted octanol–water partition coefficient (Wildman–Crippen LogP) is 3.45. The molecule has 1 N–H and O–H groups in total. The van der Waals surface area contributed by atoms with Gasteiger partial charge in [-0.1, -0.05) is 12.1 Å². The summed E-state index contributed by atoms with van der Waals surface area (Å²) in [6.45, 7) is 0.710. The molecule has 0 saturated carbocycles. The Balaban J connectivity index is 1.43. The fourth-order valence-electron chi connectivity index (χ4n) is 3.50. The summed E-state index contributed by atoms with van der Waals surface area (Å²) in [4.78, 5) is 31.7. The molecule has 1 amide bonds. The number of carbonyl (C=O) groups is 1. The van der Waals surface area contributed by atoms with E-state index in [1.54, 1.807) is 36.8 Å². The highest BCUT2D eigenvalue weighted by atomic mass is 19.1. The maximum absolute atomic E-state index is 13.0. The third kappa shape index (κ3) is 4.71. The Morgan fingerprint density at radius 1 is 1.07 bits per heavy atom. The normalized spacial score (nSPS) is 16.0. The Morgan fingerprint density at radius 2 is 1.83 bits per heavy atom. The van der Waals surface area contributed by atoms with Gasteiger partial charge in [0.1, 0.15) is 5.82 Å². The van der Waals surface area contributed by atoms with Crippen molar-refractivity contribution in [2.45, 2.75) is 31.7 Å². The Bertz CT molecular complexity index is 966. The molecule has 4 rings (SSSR count). The predicted molar refractivity (Wildman–Crippen MR) is 106 cm³/mol. The smallest absolute Gasteiger partial charge is 0.229 e. The average molecular weight is 392 g/mol. The number of hydrogen-bond donors (Lipinski definition) is 1. The van der Waals surface area contributed by atoms with Gasteiger partial charge in [0.05, 0.1) is 11.7 Å². The maximum atomic E-state index is 13.0. The Hall–Kier alpha value is -3.42. The molecule has 148 valence electrons. The van der Waals surface area contributed by atoms with Crippen LogP contribution in [-0.4, -0.2) is 37.3 Å². The first kappa shape index (κ1) is 18.9. The number of carbonyl (C=O) groups excluding carboxylic acids is 1. The minimum atomic E-state index is -0.270. The van der Waals surface area contributed by atoms with E-state index >= 15 is 0 Å². The van der Waals surface area contributed by atoms with E-state index in [-0.39, 0.29) is 17.8 Å². The van der Waals surface area contributed by atoms with E-state index in [1.807, 2.05) is 11.0 Å². The van der Waals surface area contributed by atoms with E-state index in [4.69, 9.17) is 0 Å². The second kappa shape index (κ2) is 8.72. The maximum Gasteiger partial charge on any atom is 0.229 e. The first-order valence-corrected chi connectivity index (χ1v) is 9.60. The quantitative estimate of drug-likeness (QED) is 0.692. The van der Waals surface area contributed by atoms with Crippen molar-refractivity contribution in [3.8, 4) is 0 Å². The third-order valence-electron chi connectivity index (χ3n) is 4.92. The fourth-order valence-corrected chi connectivity index (χ4v) is 3.50. The van der Waals surface area contributed by atoms with Crippen molar-refractivity contribution in [1.82, 2.24) is 24.8 Å². The topological polar surface area (TPSA) is 83.9 Å². The molecule has 3 heterocycles. The molecule has 0 spiro atoms. The molecule has 1 fully saturated rings. The van der Waals surface area contributed by atoms with E-state index in [9.17, 15) is 9.18 Å². The van der Waals surface area contributed by atoms with Crippen LogP contribution in [-0.2, 0) is 11.2 Å². The highest BCUT2D eigenvalue weighted by Gasteiger charge is 2.30. The van der Waals surface area contributed by atoms with Crippen LogP contribution < -0.4 is 5.32 Å². The number of likely N-dealkylation sites (tertiary alicyclic amines) is 1. The van der Waals surface area contributed by atoms with E-state index in [1.165, 1.54) is 12.1 Å². The number of nitrogens with one attached hydrogen (secondary N) is 1. The van der Waals surface area contributed by atoms with Gasteiger partial charge in [0.2, 0.25) is 17.8 Å². The lowest BCUT2D eigenvalue weighted by atomic mass is 10.1. The summed E-state index contributed by atoms with van der Waals surface area (Å²) < 4.78 is 13.0. The zero-order valence-corrected chi connectivity index (χ0v) is 15.8. The van der Waals surface area contributed by atoms with Gasteiger partial charge < -0.3 is 4.90 Å².